The number of hydrogen-bond acceptors (Lipinski definition) is 6. The van der Waals surface area contributed by atoms with Crippen LogP contribution >= 0.6 is 0 Å². The molecule has 3 heterocycles. The number of piperazine rings is 1. The summed E-state index contributed by atoms with van der Waals surface area (Å²) in [5.41, 5.74) is 2.05. The Morgan fingerprint density at radius 2 is 1.60 bits per heavy atom. The predicted molar refractivity (Wildman–Crippen MR) is 115 cm³/mol. The molecule has 2 aromatic rings. The monoisotopic (exact) mass is 433 g/mol. The standard InChI is InChI=1S/C21H31N5O3S/c1-17-8-7-9-19(16-17)21-23-22-20(29-21)18(2)24-12-14-26(15-13-24)30(27,28)25-10-5-3-4-6-11-25/h7-9,16,18H,3-6,10-15H2,1-2H3/t18-/m1/s1. The molecule has 0 unspecified atom stereocenters. The average molecular weight is 434 g/mol. The highest BCUT2D eigenvalue weighted by Gasteiger charge is 2.34. The molecule has 2 aliphatic rings. The van der Waals surface area contributed by atoms with Crippen molar-refractivity contribution >= 4 is 10.2 Å². The SMILES string of the molecule is Cc1cccc(-c2nnc([C@@H](C)N3CCN(S(=O)(=O)N4CCCCCC4)CC3)o2)c1. The van der Waals surface area contributed by atoms with Crippen LogP contribution in [0.25, 0.3) is 11.5 Å². The van der Waals surface area contributed by atoms with Gasteiger partial charge in [0.25, 0.3) is 10.2 Å². The molecule has 9 heteroatoms. The normalized spacial score (nSPS) is 21.4. The maximum Gasteiger partial charge on any atom is 0.282 e. The number of hydrogen-bond donors (Lipinski definition) is 0. The van der Waals surface area contributed by atoms with Crippen molar-refractivity contribution in [2.45, 2.75) is 45.6 Å². The number of rotatable bonds is 5. The first-order chi connectivity index (χ1) is 14.4. The zero-order chi connectivity index (χ0) is 21.1. The maximum absolute atomic E-state index is 13.0. The molecule has 164 valence electrons. The summed E-state index contributed by atoms with van der Waals surface area (Å²) in [5, 5.41) is 8.46. The van der Waals surface area contributed by atoms with Gasteiger partial charge in [-0.15, -0.1) is 10.2 Å². The molecule has 0 N–H and O–H groups in total. The summed E-state index contributed by atoms with van der Waals surface area (Å²) in [5.74, 6) is 1.08. The Hall–Kier alpha value is -1.81. The van der Waals surface area contributed by atoms with Gasteiger partial charge in [0.05, 0.1) is 6.04 Å². The topological polar surface area (TPSA) is 82.8 Å². The first-order valence-electron chi connectivity index (χ1n) is 10.8. The van der Waals surface area contributed by atoms with E-state index in [0.29, 0.717) is 51.0 Å². The molecule has 1 atom stereocenters. The van der Waals surface area contributed by atoms with E-state index in [4.69, 9.17) is 4.42 Å². The van der Waals surface area contributed by atoms with Crippen LogP contribution in [-0.4, -0.2) is 71.4 Å². The van der Waals surface area contributed by atoms with Gasteiger partial charge in [0.15, 0.2) is 0 Å². The summed E-state index contributed by atoms with van der Waals surface area (Å²) >= 11 is 0. The zero-order valence-electron chi connectivity index (χ0n) is 17.8. The third-order valence-corrected chi connectivity index (χ3v) is 8.14. The second-order valence-electron chi connectivity index (χ2n) is 8.25. The Balaban J connectivity index is 1.38. The lowest BCUT2D eigenvalue weighted by molar-refractivity contribution is 0.126. The lowest BCUT2D eigenvalue weighted by Gasteiger charge is -2.38. The summed E-state index contributed by atoms with van der Waals surface area (Å²) in [7, 11) is -3.37. The molecule has 2 aliphatic heterocycles. The summed E-state index contributed by atoms with van der Waals surface area (Å²) in [6.07, 6.45) is 4.14. The van der Waals surface area contributed by atoms with Crippen molar-refractivity contribution in [1.29, 1.82) is 0 Å². The van der Waals surface area contributed by atoms with Crippen LogP contribution in [0.2, 0.25) is 0 Å². The van der Waals surface area contributed by atoms with Gasteiger partial charge in [-0.05, 0) is 38.8 Å². The molecule has 2 saturated heterocycles. The fourth-order valence-electron chi connectivity index (χ4n) is 4.21. The number of aryl methyl sites for hydroxylation is 1. The predicted octanol–water partition coefficient (Wildman–Crippen LogP) is 2.84. The molecule has 0 saturated carbocycles. The quantitative estimate of drug-likeness (QED) is 0.721. The van der Waals surface area contributed by atoms with Crippen LogP contribution < -0.4 is 0 Å². The summed E-state index contributed by atoms with van der Waals surface area (Å²) < 4.78 is 35.3. The second kappa shape index (κ2) is 9.13. The van der Waals surface area contributed by atoms with Crippen molar-refractivity contribution in [2.24, 2.45) is 0 Å². The molecule has 1 aromatic heterocycles. The van der Waals surface area contributed by atoms with Gasteiger partial charge in [-0.3, -0.25) is 4.90 Å². The van der Waals surface area contributed by atoms with Crippen molar-refractivity contribution < 1.29 is 12.8 Å². The van der Waals surface area contributed by atoms with Crippen molar-refractivity contribution in [2.75, 3.05) is 39.3 Å². The first-order valence-corrected chi connectivity index (χ1v) is 12.2. The van der Waals surface area contributed by atoms with Crippen LogP contribution in [0.4, 0.5) is 0 Å². The zero-order valence-corrected chi connectivity index (χ0v) is 18.6. The van der Waals surface area contributed by atoms with Gasteiger partial charge in [0.1, 0.15) is 0 Å². The minimum absolute atomic E-state index is 0.0564. The summed E-state index contributed by atoms with van der Waals surface area (Å²) in [6, 6.07) is 7.93. The van der Waals surface area contributed by atoms with E-state index in [1.807, 2.05) is 38.1 Å². The van der Waals surface area contributed by atoms with Gasteiger partial charge in [0.2, 0.25) is 11.8 Å². The third-order valence-electron chi connectivity index (χ3n) is 6.10. The van der Waals surface area contributed by atoms with Gasteiger partial charge >= 0.3 is 0 Å². The molecular formula is C21H31N5O3S. The van der Waals surface area contributed by atoms with Crippen LogP contribution in [0, 0.1) is 6.92 Å². The lowest BCUT2D eigenvalue weighted by atomic mass is 10.1. The fraction of sp³-hybridized carbons (Fsp3) is 0.619. The molecular weight excluding hydrogens is 402 g/mol. The molecule has 8 nitrogen and oxygen atoms in total. The van der Waals surface area contributed by atoms with Crippen LogP contribution in [-0.2, 0) is 10.2 Å². The van der Waals surface area contributed by atoms with Crippen LogP contribution in [0.5, 0.6) is 0 Å². The lowest BCUT2D eigenvalue weighted by Crippen LogP contribution is -2.53. The van der Waals surface area contributed by atoms with E-state index >= 15 is 0 Å². The molecule has 1 aromatic carbocycles. The van der Waals surface area contributed by atoms with Gasteiger partial charge in [-0.1, -0.05) is 30.5 Å². The van der Waals surface area contributed by atoms with E-state index in [1.165, 1.54) is 0 Å². The summed E-state index contributed by atoms with van der Waals surface area (Å²) in [4.78, 5) is 2.21. The molecule has 0 aliphatic carbocycles. The number of aromatic nitrogens is 2. The van der Waals surface area contributed by atoms with Crippen LogP contribution in [0.3, 0.4) is 0 Å². The van der Waals surface area contributed by atoms with Gasteiger partial charge in [-0.2, -0.15) is 17.0 Å². The van der Waals surface area contributed by atoms with Crippen molar-refractivity contribution in [3.63, 3.8) is 0 Å². The minimum Gasteiger partial charge on any atom is -0.419 e. The maximum atomic E-state index is 13.0. The molecule has 0 radical (unpaired) electrons. The van der Waals surface area contributed by atoms with E-state index < -0.39 is 10.2 Å². The molecule has 0 spiro atoms. The van der Waals surface area contributed by atoms with E-state index in [1.54, 1.807) is 8.61 Å². The van der Waals surface area contributed by atoms with Crippen molar-refractivity contribution in [3.05, 3.63) is 35.7 Å². The Morgan fingerprint density at radius 3 is 2.27 bits per heavy atom. The van der Waals surface area contributed by atoms with E-state index in [0.717, 1.165) is 36.8 Å². The number of nitrogens with zero attached hydrogens (tertiary/aromatic N) is 5. The third kappa shape index (κ3) is 4.59. The van der Waals surface area contributed by atoms with E-state index in [9.17, 15) is 8.42 Å². The molecule has 30 heavy (non-hydrogen) atoms. The smallest absolute Gasteiger partial charge is 0.282 e. The van der Waals surface area contributed by atoms with Crippen LogP contribution in [0.15, 0.2) is 28.7 Å². The Kier molecular flexibility index (Phi) is 6.52. The van der Waals surface area contributed by atoms with Crippen molar-refractivity contribution in [1.82, 2.24) is 23.7 Å². The second-order valence-corrected chi connectivity index (χ2v) is 10.2. The number of benzene rings is 1. The molecule has 0 amide bonds. The Labute approximate surface area is 179 Å². The minimum atomic E-state index is -3.37. The largest absolute Gasteiger partial charge is 0.419 e. The Bertz CT molecular complexity index is 945. The summed E-state index contributed by atoms with van der Waals surface area (Å²) in [6.45, 7) is 7.62. The van der Waals surface area contributed by atoms with Gasteiger partial charge < -0.3 is 4.42 Å². The van der Waals surface area contributed by atoms with Crippen molar-refractivity contribution in [3.8, 4) is 11.5 Å². The average Bonchev–Trinajstić information content (AvgIpc) is 3.08. The van der Waals surface area contributed by atoms with Crippen LogP contribution in [0.1, 0.15) is 50.1 Å². The van der Waals surface area contributed by atoms with E-state index in [-0.39, 0.29) is 6.04 Å². The first kappa shape index (κ1) is 21.4. The molecule has 2 fully saturated rings. The molecule has 4 rings (SSSR count). The highest BCUT2D eigenvalue weighted by Crippen LogP contribution is 2.26. The molecule has 0 bridgehead atoms. The van der Waals surface area contributed by atoms with Gasteiger partial charge in [-0.25, -0.2) is 0 Å². The van der Waals surface area contributed by atoms with E-state index in [2.05, 4.69) is 15.1 Å². The highest BCUT2D eigenvalue weighted by atomic mass is 32.2. The highest BCUT2D eigenvalue weighted by molar-refractivity contribution is 7.86. The fourth-order valence-corrected chi connectivity index (χ4v) is 5.88. The van der Waals surface area contributed by atoms with Gasteiger partial charge in [0, 0.05) is 44.8 Å². The Morgan fingerprint density at radius 1 is 0.933 bits per heavy atom.